The lowest BCUT2D eigenvalue weighted by Gasteiger charge is -2.27. The first-order valence-electron chi connectivity index (χ1n) is 9.28. The Hall–Kier alpha value is -3.06. The van der Waals surface area contributed by atoms with Crippen molar-refractivity contribution in [1.29, 1.82) is 0 Å². The molecule has 0 spiro atoms. The highest BCUT2D eigenvalue weighted by Gasteiger charge is 2.21. The van der Waals surface area contributed by atoms with Crippen molar-refractivity contribution in [3.8, 4) is 11.5 Å². The molecule has 1 unspecified atom stereocenters. The number of fused-ring (bicyclic) bond motifs is 1. The molecule has 0 saturated carbocycles. The zero-order chi connectivity index (χ0) is 19.9. The second kappa shape index (κ2) is 9.23. The van der Waals surface area contributed by atoms with E-state index in [-0.39, 0.29) is 17.9 Å². The molecule has 0 saturated heterocycles. The Morgan fingerprint density at radius 1 is 0.964 bits per heavy atom. The summed E-state index contributed by atoms with van der Waals surface area (Å²) in [6, 6.07) is 13.2. The minimum absolute atomic E-state index is 0.0742. The summed E-state index contributed by atoms with van der Waals surface area (Å²) in [6.45, 7) is 4.90. The Kier molecular flexibility index (Phi) is 6.49. The van der Waals surface area contributed by atoms with E-state index in [0.717, 1.165) is 18.7 Å². The smallest absolute Gasteiger partial charge is 0.221 e. The molecule has 2 aromatic rings. The van der Waals surface area contributed by atoms with Crippen molar-refractivity contribution in [2.24, 2.45) is 0 Å². The van der Waals surface area contributed by atoms with Crippen molar-refractivity contribution >= 4 is 23.2 Å². The van der Waals surface area contributed by atoms with Gasteiger partial charge in [-0.3, -0.25) is 9.59 Å². The molecule has 3 rings (SSSR count). The van der Waals surface area contributed by atoms with Crippen LogP contribution in [0.4, 0.5) is 11.4 Å². The summed E-state index contributed by atoms with van der Waals surface area (Å²) in [6.07, 6.45) is 0.777. The first kappa shape index (κ1) is 19.7. The van der Waals surface area contributed by atoms with Crippen LogP contribution in [0.3, 0.4) is 0 Å². The second-order valence-corrected chi connectivity index (χ2v) is 6.73. The highest BCUT2D eigenvalue weighted by molar-refractivity contribution is 5.89. The van der Waals surface area contributed by atoms with Crippen LogP contribution in [0, 0.1) is 0 Å². The maximum absolute atomic E-state index is 11.2. The zero-order valence-corrected chi connectivity index (χ0v) is 16.1. The SMILES string of the molecule is CC(=O)Nc1ccc(CCNCC2COc3ccc(NC(C)=O)cc3O2)cc1. The molecule has 28 heavy (non-hydrogen) atoms. The van der Waals surface area contributed by atoms with Crippen LogP contribution in [0.1, 0.15) is 19.4 Å². The first-order valence-corrected chi connectivity index (χ1v) is 9.28. The fourth-order valence-electron chi connectivity index (χ4n) is 2.95. The van der Waals surface area contributed by atoms with Crippen LogP contribution in [-0.4, -0.2) is 37.6 Å². The van der Waals surface area contributed by atoms with Crippen LogP contribution in [0.25, 0.3) is 0 Å². The Morgan fingerprint density at radius 3 is 2.36 bits per heavy atom. The van der Waals surface area contributed by atoms with Crippen LogP contribution in [0.2, 0.25) is 0 Å². The van der Waals surface area contributed by atoms with Crippen molar-refractivity contribution in [1.82, 2.24) is 5.32 Å². The standard InChI is InChI=1S/C21H25N3O4/c1-14(25)23-17-5-3-16(4-6-17)9-10-22-12-19-13-27-20-8-7-18(24-15(2)26)11-21(20)28-19/h3-8,11,19,22H,9-10,12-13H2,1-2H3,(H,23,25)(H,24,26). The fraction of sp³-hybridized carbons (Fsp3) is 0.333. The van der Waals surface area contributed by atoms with Gasteiger partial charge in [-0.15, -0.1) is 0 Å². The van der Waals surface area contributed by atoms with E-state index in [1.807, 2.05) is 24.3 Å². The van der Waals surface area contributed by atoms with Gasteiger partial charge in [-0.25, -0.2) is 0 Å². The molecule has 148 valence electrons. The van der Waals surface area contributed by atoms with Gasteiger partial charge in [-0.1, -0.05) is 12.1 Å². The predicted octanol–water partition coefficient (Wildman–Crippen LogP) is 2.58. The Labute approximate surface area is 164 Å². The van der Waals surface area contributed by atoms with Gasteiger partial charge in [0.25, 0.3) is 0 Å². The number of hydrogen-bond acceptors (Lipinski definition) is 5. The summed E-state index contributed by atoms with van der Waals surface area (Å²) in [4.78, 5) is 22.2. The summed E-state index contributed by atoms with van der Waals surface area (Å²) in [5.74, 6) is 1.12. The van der Waals surface area contributed by atoms with E-state index in [0.29, 0.717) is 30.3 Å². The molecule has 1 aliphatic rings. The molecule has 2 amide bonds. The number of ether oxygens (including phenoxy) is 2. The summed E-state index contributed by atoms with van der Waals surface area (Å²) in [5.41, 5.74) is 2.67. The van der Waals surface area contributed by atoms with E-state index in [9.17, 15) is 9.59 Å². The third-order valence-corrected chi connectivity index (χ3v) is 4.22. The Bertz CT molecular complexity index is 836. The number of nitrogens with one attached hydrogen (secondary N) is 3. The van der Waals surface area contributed by atoms with E-state index < -0.39 is 0 Å². The molecule has 7 heteroatoms. The number of anilines is 2. The van der Waals surface area contributed by atoms with E-state index in [4.69, 9.17) is 9.47 Å². The maximum atomic E-state index is 11.2. The van der Waals surface area contributed by atoms with Crippen LogP contribution in [0.15, 0.2) is 42.5 Å². The third-order valence-electron chi connectivity index (χ3n) is 4.22. The van der Waals surface area contributed by atoms with E-state index in [1.54, 1.807) is 18.2 Å². The van der Waals surface area contributed by atoms with Crippen molar-refractivity contribution in [3.05, 3.63) is 48.0 Å². The van der Waals surface area contributed by atoms with Gasteiger partial charge in [0, 0.05) is 37.8 Å². The lowest BCUT2D eigenvalue weighted by molar-refractivity contribution is -0.115. The van der Waals surface area contributed by atoms with Gasteiger partial charge in [0.1, 0.15) is 12.7 Å². The molecule has 0 radical (unpaired) electrons. The lowest BCUT2D eigenvalue weighted by Crippen LogP contribution is -2.39. The average molecular weight is 383 g/mol. The van der Waals surface area contributed by atoms with Gasteiger partial charge < -0.3 is 25.4 Å². The predicted molar refractivity (Wildman–Crippen MR) is 108 cm³/mol. The molecular formula is C21H25N3O4. The van der Waals surface area contributed by atoms with Crippen LogP contribution in [0.5, 0.6) is 11.5 Å². The molecule has 0 fully saturated rings. The number of amides is 2. The molecular weight excluding hydrogens is 358 g/mol. The molecule has 0 bridgehead atoms. The average Bonchev–Trinajstić information content (AvgIpc) is 2.65. The van der Waals surface area contributed by atoms with Crippen LogP contribution >= 0.6 is 0 Å². The Balaban J connectivity index is 1.43. The van der Waals surface area contributed by atoms with Crippen molar-refractivity contribution < 1.29 is 19.1 Å². The van der Waals surface area contributed by atoms with Gasteiger partial charge in [0.15, 0.2) is 11.5 Å². The highest BCUT2D eigenvalue weighted by atomic mass is 16.6. The zero-order valence-electron chi connectivity index (χ0n) is 16.1. The number of carbonyl (C=O) groups excluding carboxylic acids is 2. The van der Waals surface area contributed by atoms with Gasteiger partial charge in [-0.2, -0.15) is 0 Å². The number of hydrogen-bond donors (Lipinski definition) is 3. The Morgan fingerprint density at radius 2 is 1.64 bits per heavy atom. The monoisotopic (exact) mass is 383 g/mol. The second-order valence-electron chi connectivity index (χ2n) is 6.73. The molecule has 1 heterocycles. The topological polar surface area (TPSA) is 88.7 Å². The number of rotatable bonds is 7. The minimum Gasteiger partial charge on any atom is -0.486 e. The van der Waals surface area contributed by atoms with Gasteiger partial charge in [0.2, 0.25) is 11.8 Å². The van der Waals surface area contributed by atoms with E-state index in [2.05, 4.69) is 16.0 Å². The third kappa shape index (κ3) is 5.72. The molecule has 0 aromatic heterocycles. The summed E-state index contributed by atoms with van der Waals surface area (Å²) in [7, 11) is 0. The van der Waals surface area contributed by atoms with Crippen molar-refractivity contribution in [3.63, 3.8) is 0 Å². The molecule has 2 aromatic carbocycles. The molecule has 3 N–H and O–H groups in total. The number of carbonyl (C=O) groups is 2. The van der Waals surface area contributed by atoms with Crippen molar-refractivity contribution in [2.75, 3.05) is 30.3 Å². The van der Waals surface area contributed by atoms with Gasteiger partial charge >= 0.3 is 0 Å². The summed E-state index contributed by atoms with van der Waals surface area (Å²) >= 11 is 0. The van der Waals surface area contributed by atoms with E-state index >= 15 is 0 Å². The minimum atomic E-state index is -0.125. The number of benzene rings is 2. The van der Waals surface area contributed by atoms with E-state index in [1.165, 1.54) is 19.4 Å². The summed E-state index contributed by atoms with van der Waals surface area (Å²) < 4.78 is 11.7. The first-order chi connectivity index (χ1) is 13.5. The normalized spacial score (nSPS) is 15.0. The van der Waals surface area contributed by atoms with Gasteiger partial charge in [0.05, 0.1) is 0 Å². The lowest BCUT2D eigenvalue weighted by atomic mass is 10.1. The molecule has 1 aliphatic heterocycles. The fourth-order valence-corrected chi connectivity index (χ4v) is 2.95. The van der Waals surface area contributed by atoms with Gasteiger partial charge in [-0.05, 0) is 42.8 Å². The maximum Gasteiger partial charge on any atom is 0.221 e. The molecule has 1 atom stereocenters. The molecule has 0 aliphatic carbocycles. The summed E-state index contributed by atoms with van der Waals surface area (Å²) in [5, 5.41) is 8.88. The largest absolute Gasteiger partial charge is 0.486 e. The molecule has 7 nitrogen and oxygen atoms in total. The van der Waals surface area contributed by atoms with Crippen molar-refractivity contribution in [2.45, 2.75) is 26.4 Å². The quantitative estimate of drug-likeness (QED) is 0.640. The highest BCUT2D eigenvalue weighted by Crippen LogP contribution is 2.34. The van der Waals surface area contributed by atoms with Crippen LogP contribution in [-0.2, 0) is 16.0 Å². The van der Waals surface area contributed by atoms with Crippen LogP contribution < -0.4 is 25.4 Å².